The third kappa shape index (κ3) is 5.34. The molecule has 0 bridgehead atoms. The Morgan fingerprint density at radius 1 is 1.19 bits per heavy atom. The summed E-state index contributed by atoms with van der Waals surface area (Å²) in [5.74, 6) is -0.464. The van der Waals surface area contributed by atoms with Gasteiger partial charge in [-0.3, -0.25) is 0 Å². The van der Waals surface area contributed by atoms with E-state index in [2.05, 4.69) is 5.32 Å². The molecule has 2 N–H and O–H groups in total. The molecule has 0 aromatic heterocycles. The van der Waals surface area contributed by atoms with Crippen LogP contribution in [0.3, 0.4) is 0 Å². The van der Waals surface area contributed by atoms with Gasteiger partial charge in [-0.05, 0) is 23.8 Å². The Kier molecular flexibility index (Phi) is 5.99. The second-order valence-electron chi connectivity index (χ2n) is 4.66. The molecular weight excluding hydrogens is 293 g/mol. The molecular formula is C16H17ClFNO2. The van der Waals surface area contributed by atoms with E-state index in [-0.39, 0.29) is 11.6 Å². The molecule has 0 radical (unpaired) electrons. The van der Waals surface area contributed by atoms with Gasteiger partial charge in [0.1, 0.15) is 5.82 Å². The number of rotatable bonds is 7. The maximum absolute atomic E-state index is 13.0. The number of hydrogen-bond acceptors (Lipinski definition) is 3. The molecule has 2 aromatic rings. The van der Waals surface area contributed by atoms with E-state index in [1.54, 1.807) is 6.07 Å². The van der Waals surface area contributed by atoms with Crippen molar-refractivity contribution in [3.63, 3.8) is 0 Å². The molecule has 1 unspecified atom stereocenters. The van der Waals surface area contributed by atoms with Gasteiger partial charge in [0.2, 0.25) is 0 Å². The highest BCUT2D eigenvalue weighted by molar-refractivity contribution is 6.31. The molecule has 0 saturated heterocycles. The predicted octanol–water partition coefficient (Wildman–Crippen LogP) is 3.47. The van der Waals surface area contributed by atoms with Crippen LogP contribution in [0, 0.1) is 5.82 Å². The van der Waals surface area contributed by atoms with Crippen LogP contribution in [0.1, 0.15) is 5.56 Å². The van der Waals surface area contributed by atoms with Crippen LogP contribution < -0.4 is 5.32 Å². The Balaban J connectivity index is 1.69. The lowest BCUT2D eigenvalue weighted by Crippen LogP contribution is -2.24. The fourth-order valence-corrected chi connectivity index (χ4v) is 1.97. The number of hydrogen-bond donors (Lipinski definition) is 2. The highest BCUT2D eigenvalue weighted by atomic mass is 35.5. The van der Waals surface area contributed by atoms with Gasteiger partial charge in [-0.15, -0.1) is 0 Å². The van der Waals surface area contributed by atoms with Crippen LogP contribution in [0.5, 0.6) is 0 Å². The summed E-state index contributed by atoms with van der Waals surface area (Å²) in [6.07, 6.45) is -0.655. The van der Waals surface area contributed by atoms with Crippen LogP contribution >= 0.6 is 11.6 Å². The summed E-state index contributed by atoms with van der Waals surface area (Å²) in [4.78, 5) is 0. The van der Waals surface area contributed by atoms with Gasteiger partial charge < -0.3 is 15.2 Å². The molecule has 0 aliphatic carbocycles. The predicted molar refractivity (Wildman–Crippen MR) is 82.0 cm³/mol. The number of benzene rings is 2. The van der Waals surface area contributed by atoms with Crippen LogP contribution in [0.15, 0.2) is 48.5 Å². The van der Waals surface area contributed by atoms with Gasteiger partial charge in [-0.2, -0.15) is 0 Å². The molecule has 0 amide bonds. The molecule has 112 valence electrons. The highest BCUT2D eigenvalue weighted by Crippen LogP contribution is 2.19. The zero-order valence-corrected chi connectivity index (χ0v) is 12.2. The van der Waals surface area contributed by atoms with Gasteiger partial charge in [0.25, 0.3) is 0 Å². The standard InChI is InChI=1S/C16H17ClFNO2/c17-15-8-13(6-7-16(15)18)19-9-14(20)11-21-10-12-4-2-1-3-5-12/h1-8,14,19-20H,9-11H2. The Labute approximate surface area is 128 Å². The third-order valence-electron chi connectivity index (χ3n) is 2.88. The molecule has 2 aromatic carbocycles. The Morgan fingerprint density at radius 3 is 2.67 bits per heavy atom. The van der Waals surface area contributed by atoms with Crippen molar-refractivity contribution in [2.45, 2.75) is 12.7 Å². The van der Waals surface area contributed by atoms with Crippen LogP contribution in [0.4, 0.5) is 10.1 Å². The summed E-state index contributed by atoms with van der Waals surface area (Å²) in [5.41, 5.74) is 1.71. The Morgan fingerprint density at radius 2 is 1.95 bits per heavy atom. The van der Waals surface area contributed by atoms with Gasteiger partial charge in [-0.1, -0.05) is 41.9 Å². The van der Waals surface area contributed by atoms with E-state index in [0.29, 0.717) is 18.8 Å². The van der Waals surface area contributed by atoms with Crippen molar-refractivity contribution in [3.05, 3.63) is 64.9 Å². The highest BCUT2D eigenvalue weighted by Gasteiger charge is 2.06. The normalized spacial score (nSPS) is 12.1. The molecule has 0 aliphatic heterocycles. The SMILES string of the molecule is OC(CNc1ccc(F)c(Cl)c1)COCc1ccccc1. The second-order valence-corrected chi connectivity index (χ2v) is 5.07. The quantitative estimate of drug-likeness (QED) is 0.823. The summed E-state index contributed by atoms with van der Waals surface area (Å²) in [6.45, 7) is 0.980. The summed E-state index contributed by atoms with van der Waals surface area (Å²) in [5, 5.41) is 12.8. The van der Waals surface area contributed by atoms with Crippen molar-refractivity contribution >= 4 is 17.3 Å². The lowest BCUT2D eigenvalue weighted by molar-refractivity contribution is 0.0348. The third-order valence-corrected chi connectivity index (χ3v) is 3.17. The van der Waals surface area contributed by atoms with E-state index in [1.807, 2.05) is 30.3 Å². The van der Waals surface area contributed by atoms with Crippen LogP contribution in [0.25, 0.3) is 0 Å². The van der Waals surface area contributed by atoms with Crippen LogP contribution in [-0.4, -0.2) is 24.4 Å². The molecule has 2 rings (SSSR count). The lowest BCUT2D eigenvalue weighted by Gasteiger charge is -2.13. The molecule has 0 fully saturated rings. The molecule has 21 heavy (non-hydrogen) atoms. The minimum atomic E-state index is -0.655. The van der Waals surface area contributed by atoms with Gasteiger partial charge in [-0.25, -0.2) is 4.39 Å². The molecule has 1 atom stereocenters. The fourth-order valence-electron chi connectivity index (χ4n) is 1.79. The number of aliphatic hydroxyl groups excluding tert-OH is 1. The summed E-state index contributed by atoms with van der Waals surface area (Å²) < 4.78 is 18.4. The van der Waals surface area contributed by atoms with Crippen LogP contribution in [0.2, 0.25) is 5.02 Å². The van der Waals surface area contributed by atoms with Crippen molar-refractivity contribution in [2.75, 3.05) is 18.5 Å². The maximum Gasteiger partial charge on any atom is 0.141 e. The summed E-state index contributed by atoms with van der Waals surface area (Å²) in [6, 6.07) is 14.1. The number of aliphatic hydroxyl groups is 1. The topological polar surface area (TPSA) is 41.5 Å². The van der Waals surface area contributed by atoms with E-state index >= 15 is 0 Å². The first kappa shape index (κ1) is 15.8. The van der Waals surface area contributed by atoms with Crippen LogP contribution in [-0.2, 0) is 11.3 Å². The number of halogens is 2. The van der Waals surface area contributed by atoms with E-state index in [1.165, 1.54) is 12.1 Å². The summed E-state index contributed by atoms with van der Waals surface area (Å²) in [7, 11) is 0. The van der Waals surface area contributed by atoms with Gasteiger partial charge in [0, 0.05) is 12.2 Å². The lowest BCUT2D eigenvalue weighted by atomic mass is 10.2. The molecule has 0 heterocycles. The van der Waals surface area contributed by atoms with Crippen molar-refractivity contribution in [1.29, 1.82) is 0 Å². The largest absolute Gasteiger partial charge is 0.389 e. The average Bonchev–Trinajstić information content (AvgIpc) is 2.49. The first-order valence-electron chi connectivity index (χ1n) is 6.64. The maximum atomic E-state index is 13.0. The molecule has 0 spiro atoms. The van der Waals surface area contributed by atoms with Crippen molar-refractivity contribution in [3.8, 4) is 0 Å². The Bertz CT molecular complexity index is 565. The zero-order chi connectivity index (χ0) is 15.1. The average molecular weight is 310 g/mol. The molecule has 3 nitrogen and oxygen atoms in total. The fraction of sp³-hybridized carbons (Fsp3) is 0.250. The Hall–Kier alpha value is -1.62. The minimum absolute atomic E-state index is 0.0508. The first-order chi connectivity index (χ1) is 10.1. The van der Waals surface area contributed by atoms with E-state index in [4.69, 9.17) is 16.3 Å². The van der Waals surface area contributed by atoms with Gasteiger partial charge >= 0.3 is 0 Å². The van der Waals surface area contributed by atoms with E-state index in [9.17, 15) is 9.50 Å². The minimum Gasteiger partial charge on any atom is -0.389 e. The van der Waals surface area contributed by atoms with Gasteiger partial charge in [0.05, 0.1) is 24.3 Å². The van der Waals surface area contributed by atoms with Crippen molar-refractivity contribution in [1.82, 2.24) is 0 Å². The molecule has 0 aliphatic rings. The van der Waals surface area contributed by atoms with E-state index < -0.39 is 11.9 Å². The van der Waals surface area contributed by atoms with Gasteiger partial charge in [0.15, 0.2) is 0 Å². The van der Waals surface area contributed by atoms with Crippen molar-refractivity contribution in [2.24, 2.45) is 0 Å². The smallest absolute Gasteiger partial charge is 0.141 e. The number of nitrogens with one attached hydrogen (secondary N) is 1. The van der Waals surface area contributed by atoms with E-state index in [0.717, 1.165) is 5.56 Å². The first-order valence-corrected chi connectivity index (χ1v) is 7.01. The molecule has 0 saturated carbocycles. The van der Waals surface area contributed by atoms with Crippen molar-refractivity contribution < 1.29 is 14.2 Å². The number of anilines is 1. The second kappa shape index (κ2) is 7.98. The monoisotopic (exact) mass is 309 g/mol. The number of ether oxygens (including phenoxy) is 1. The zero-order valence-electron chi connectivity index (χ0n) is 11.4. The summed E-state index contributed by atoms with van der Waals surface area (Å²) >= 11 is 5.68. The molecule has 5 heteroatoms.